The Kier molecular flexibility index (Phi) is 6.00. The minimum Gasteiger partial charge on any atom is -0.416 e. The zero-order valence-electron chi connectivity index (χ0n) is 18.5. The molecule has 2 aromatic carbocycles. The molecule has 0 bridgehead atoms. The van der Waals surface area contributed by atoms with Crippen LogP contribution < -0.4 is 4.31 Å². The van der Waals surface area contributed by atoms with Crippen molar-refractivity contribution in [1.82, 2.24) is 0 Å². The van der Waals surface area contributed by atoms with E-state index in [0.717, 1.165) is 29.7 Å². The number of sulfonamides is 1. The summed E-state index contributed by atoms with van der Waals surface area (Å²) in [5.41, 5.74) is 4.16. The molecule has 0 aromatic heterocycles. The Morgan fingerprint density at radius 2 is 1.72 bits per heavy atom. The van der Waals surface area contributed by atoms with Crippen molar-refractivity contribution in [2.45, 2.75) is 63.6 Å². The van der Waals surface area contributed by atoms with Crippen LogP contribution in [-0.2, 0) is 27.3 Å². The fourth-order valence-electron chi connectivity index (χ4n) is 3.31. The standard InChI is InChI=1S/C23H33NO3SSi/c1-18-7-10-21(11-8-18)28(25,26)24-15-13-20-17-19(9-12-22(20)24)14-16-27-29(5,6)23(2,3)4/h7-12,17H,13-16H2,1-6H3. The van der Waals surface area contributed by atoms with Crippen molar-refractivity contribution in [2.24, 2.45) is 0 Å². The third-order valence-electron chi connectivity index (χ3n) is 6.27. The monoisotopic (exact) mass is 431 g/mol. The minimum absolute atomic E-state index is 0.204. The average Bonchev–Trinajstić information content (AvgIpc) is 3.05. The molecule has 158 valence electrons. The van der Waals surface area contributed by atoms with Crippen LogP contribution in [0.15, 0.2) is 47.4 Å². The summed E-state index contributed by atoms with van der Waals surface area (Å²) in [6, 6.07) is 13.2. The van der Waals surface area contributed by atoms with Gasteiger partial charge in [0.25, 0.3) is 10.0 Å². The molecule has 1 aliphatic heterocycles. The maximum Gasteiger partial charge on any atom is 0.264 e. The largest absolute Gasteiger partial charge is 0.416 e. The van der Waals surface area contributed by atoms with Crippen molar-refractivity contribution in [3.63, 3.8) is 0 Å². The molecule has 0 fully saturated rings. The lowest BCUT2D eigenvalue weighted by Gasteiger charge is -2.36. The summed E-state index contributed by atoms with van der Waals surface area (Å²) in [6.45, 7) is 14.4. The molecule has 1 aliphatic rings. The van der Waals surface area contributed by atoms with Gasteiger partial charge in [-0.15, -0.1) is 0 Å². The number of aryl methyl sites for hydroxylation is 1. The van der Waals surface area contributed by atoms with Crippen molar-refractivity contribution in [3.05, 3.63) is 59.2 Å². The van der Waals surface area contributed by atoms with Gasteiger partial charge in [-0.3, -0.25) is 4.31 Å². The van der Waals surface area contributed by atoms with E-state index in [4.69, 9.17) is 4.43 Å². The predicted molar refractivity (Wildman–Crippen MR) is 123 cm³/mol. The van der Waals surface area contributed by atoms with Gasteiger partial charge in [0.1, 0.15) is 0 Å². The Labute approximate surface area is 177 Å². The summed E-state index contributed by atoms with van der Waals surface area (Å²) >= 11 is 0. The van der Waals surface area contributed by atoms with E-state index in [9.17, 15) is 8.42 Å². The summed E-state index contributed by atoms with van der Waals surface area (Å²) in [4.78, 5) is 0.350. The van der Waals surface area contributed by atoms with Crippen LogP contribution in [0.3, 0.4) is 0 Å². The number of hydrogen-bond acceptors (Lipinski definition) is 3. The molecule has 6 heteroatoms. The molecule has 3 rings (SSSR count). The minimum atomic E-state index is -3.52. The first-order chi connectivity index (χ1) is 13.4. The Bertz CT molecular complexity index is 976. The van der Waals surface area contributed by atoms with E-state index in [1.54, 1.807) is 16.4 Å². The summed E-state index contributed by atoms with van der Waals surface area (Å²) in [5.74, 6) is 0. The van der Waals surface area contributed by atoms with Crippen molar-refractivity contribution in [3.8, 4) is 0 Å². The van der Waals surface area contributed by atoms with Crippen LogP contribution in [-0.4, -0.2) is 29.9 Å². The first-order valence-corrected chi connectivity index (χ1v) is 14.6. The number of anilines is 1. The van der Waals surface area contributed by atoms with Crippen LogP contribution in [0, 0.1) is 6.92 Å². The SMILES string of the molecule is Cc1ccc(S(=O)(=O)N2CCc3cc(CCO[Si](C)(C)C(C)(C)C)ccc32)cc1. The van der Waals surface area contributed by atoms with E-state index < -0.39 is 18.3 Å². The number of benzene rings is 2. The molecule has 2 aromatic rings. The molecule has 0 N–H and O–H groups in total. The van der Waals surface area contributed by atoms with Gasteiger partial charge in [0, 0.05) is 13.2 Å². The molecule has 0 saturated heterocycles. The third-order valence-corrected chi connectivity index (χ3v) is 12.6. The summed E-state index contributed by atoms with van der Waals surface area (Å²) in [7, 11) is -5.26. The van der Waals surface area contributed by atoms with Gasteiger partial charge in [0.15, 0.2) is 8.32 Å². The Hall–Kier alpha value is -1.63. The fourth-order valence-corrected chi connectivity index (χ4v) is 5.86. The number of fused-ring (bicyclic) bond motifs is 1. The molecule has 1 heterocycles. The molecule has 0 aliphatic carbocycles. The first kappa shape index (κ1) is 22.1. The van der Waals surface area contributed by atoms with E-state index >= 15 is 0 Å². The van der Waals surface area contributed by atoms with Gasteiger partial charge in [0.05, 0.1) is 10.6 Å². The topological polar surface area (TPSA) is 46.6 Å². The van der Waals surface area contributed by atoms with Gasteiger partial charge in [-0.2, -0.15) is 0 Å². The maximum atomic E-state index is 13.1. The van der Waals surface area contributed by atoms with Crippen molar-refractivity contribution < 1.29 is 12.8 Å². The highest BCUT2D eigenvalue weighted by molar-refractivity contribution is 7.92. The van der Waals surface area contributed by atoms with E-state index in [2.05, 4.69) is 39.9 Å². The lowest BCUT2D eigenvalue weighted by Crippen LogP contribution is -2.41. The van der Waals surface area contributed by atoms with Crippen LogP contribution >= 0.6 is 0 Å². The van der Waals surface area contributed by atoms with Crippen LogP contribution in [0.5, 0.6) is 0 Å². The van der Waals surface area contributed by atoms with Crippen molar-refractivity contribution in [1.29, 1.82) is 0 Å². The summed E-state index contributed by atoms with van der Waals surface area (Å²) in [6.07, 6.45) is 1.60. The van der Waals surface area contributed by atoms with E-state index in [1.165, 1.54) is 5.56 Å². The highest BCUT2D eigenvalue weighted by atomic mass is 32.2. The van der Waals surface area contributed by atoms with E-state index in [-0.39, 0.29) is 5.04 Å². The molecular formula is C23H33NO3SSi. The van der Waals surface area contributed by atoms with Crippen molar-refractivity contribution in [2.75, 3.05) is 17.5 Å². The normalized spacial score (nSPS) is 14.9. The summed E-state index contributed by atoms with van der Waals surface area (Å²) in [5, 5.41) is 0.204. The molecule has 0 radical (unpaired) electrons. The van der Waals surface area contributed by atoms with Crippen LogP contribution in [0.4, 0.5) is 5.69 Å². The summed E-state index contributed by atoms with van der Waals surface area (Å²) < 4.78 is 34.0. The Balaban J connectivity index is 1.73. The lowest BCUT2D eigenvalue weighted by atomic mass is 10.1. The molecule has 0 amide bonds. The van der Waals surface area contributed by atoms with Gasteiger partial charge in [-0.1, -0.05) is 50.6 Å². The van der Waals surface area contributed by atoms with Crippen LogP contribution in [0.25, 0.3) is 0 Å². The first-order valence-electron chi connectivity index (χ1n) is 10.3. The number of nitrogens with zero attached hydrogens (tertiary/aromatic N) is 1. The van der Waals surface area contributed by atoms with Gasteiger partial charge in [0.2, 0.25) is 0 Å². The smallest absolute Gasteiger partial charge is 0.264 e. The van der Waals surface area contributed by atoms with Gasteiger partial charge < -0.3 is 4.43 Å². The fraction of sp³-hybridized carbons (Fsp3) is 0.478. The maximum absolute atomic E-state index is 13.1. The number of hydrogen-bond donors (Lipinski definition) is 0. The second-order valence-corrected chi connectivity index (χ2v) is 16.1. The lowest BCUT2D eigenvalue weighted by molar-refractivity contribution is 0.292. The second-order valence-electron chi connectivity index (χ2n) is 9.46. The third kappa shape index (κ3) is 4.60. The quantitative estimate of drug-likeness (QED) is 0.582. The Morgan fingerprint density at radius 3 is 2.34 bits per heavy atom. The molecule has 0 saturated carbocycles. The molecule has 29 heavy (non-hydrogen) atoms. The predicted octanol–water partition coefficient (Wildman–Crippen LogP) is 5.31. The Morgan fingerprint density at radius 1 is 1.07 bits per heavy atom. The van der Waals surface area contributed by atoms with Crippen LogP contribution in [0.2, 0.25) is 18.1 Å². The molecular weight excluding hydrogens is 398 g/mol. The highest BCUT2D eigenvalue weighted by Gasteiger charge is 2.37. The van der Waals surface area contributed by atoms with Gasteiger partial charge >= 0.3 is 0 Å². The molecule has 0 spiro atoms. The van der Waals surface area contributed by atoms with E-state index in [0.29, 0.717) is 18.0 Å². The van der Waals surface area contributed by atoms with Crippen LogP contribution in [0.1, 0.15) is 37.5 Å². The number of rotatable bonds is 6. The highest BCUT2D eigenvalue weighted by Crippen LogP contribution is 2.37. The van der Waals surface area contributed by atoms with Gasteiger partial charge in [-0.25, -0.2) is 8.42 Å². The van der Waals surface area contributed by atoms with Gasteiger partial charge in [-0.05, 0) is 67.2 Å². The molecule has 0 atom stereocenters. The zero-order valence-corrected chi connectivity index (χ0v) is 20.3. The van der Waals surface area contributed by atoms with Crippen molar-refractivity contribution >= 4 is 24.0 Å². The average molecular weight is 432 g/mol. The zero-order chi connectivity index (χ0) is 21.4. The second kappa shape index (κ2) is 7.89. The van der Waals surface area contributed by atoms with E-state index in [1.807, 2.05) is 31.2 Å². The molecule has 4 nitrogen and oxygen atoms in total. The molecule has 0 unspecified atom stereocenters.